The van der Waals surface area contributed by atoms with Crippen molar-refractivity contribution in [2.75, 3.05) is 19.8 Å². The van der Waals surface area contributed by atoms with Crippen LogP contribution >= 0.6 is 0 Å². The van der Waals surface area contributed by atoms with Gasteiger partial charge in [0.25, 0.3) is 0 Å². The van der Waals surface area contributed by atoms with E-state index in [4.69, 9.17) is 4.74 Å². The predicted octanol–water partition coefficient (Wildman–Crippen LogP) is 2.12. The molecule has 1 N–H and O–H groups in total. The van der Waals surface area contributed by atoms with Crippen molar-refractivity contribution in [1.29, 1.82) is 0 Å². The molecular weight excluding hydrogens is 254 g/mol. The maximum atomic E-state index is 12.5. The molecule has 1 amide bonds. The average Bonchev–Trinajstić information content (AvgIpc) is 2.41. The molecule has 1 aliphatic carbocycles. The fraction of sp³-hybridized carbons (Fsp3) is 0.812. The average molecular weight is 281 g/mol. The standard InChI is InChI=1S/C16H27NO3/c1-12-11-20-14(10-18)9-17(12)15(19)8-13-6-4-5-7-16(13,2)3/h8,12,14,18H,4-7,9-11H2,1-3H3/b13-8-. The predicted molar refractivity (Wildman–Crippen MR) is 78.3 cm³/mol. The number of rotatable bonds is 2. The van der Waals surface area contributed by atoms with Gasteiger partial charge in [0.1, 0.15) is 0 Å². The third kappa shape index (κ3) is 3.41. The quantitative estimate of drug-likeness (QED) is 0.789. The van der Waals surface area contributed by atoms with Crippen LogP contribution < -0.4 is 0 Å². The van der Waals surface area contributed by atoms with E-state index in [2.05, 4.69) is 13.8 Å². The Labute approximate surface area is 121 Å². The fourth-order valence-corrected chi connectivity index (χ4v) is 3.12. The van der Waals surface area contributed by atoms with Crippen molar-refractivity contribution >= 4 is 5.91 Å². The molecule has 0 aromatic carbocycles. The van der Waals surface area contributed by atoms with E-state index in [0.29, 0.717) is 13.2 Å². The second-order valence-corrected chi connectivity index (χ2v) is 6.74. The molecule has 2 aliphatic rings. The van der Waals surface area contributed by atoms with Crippen molar-refractivity contribution in [3.05, 3.63) is 11.6 Å². The summed E-state index contributed by atoms with van der Waals surface area (Å²) < 4.78 is 5.49. The highest BCUT2D eigenvalue weighted by molar-refractivity contribution is 5.89. The Bertz CT molecular complexity index is 389. The first-order chi connectivity index (χ1) is 9.44. The van der Waals surface area contributed by atoms with Crippen LogP contribution in [0.1, 0.15) is 46.5 Å². The summed E-state index contributed by atoms with van der Waals surface area (Å²) >= 11 is 0. The van der Waals surface area contributed by atoms with Gasteiger partial charge in [-0.25, -0.2) is 0 Å². The first-order valence-electron chi connectivity index (χ1n) is 7.68. The van der Waals surface area contributed by atoms with Gasteiger partial charge in [-0.1, -0.05) is 25.8 Å². The summed E-state index contributed by atoms with van der Waals surface area (Å²) in [7, 11) is 0. The van der Waals surface area contributed by atoms with Crippen LogP contribution in [0.25, 0.3) is 0 Å². The van der Waals surface area contributed by atoms with Crippen LogP contribution in [0.4, 0.5) is 0 Å². The molecule has 2 fully saturated rings. The van der Waals surface area contributed by atoms with Gasteiger partial charge in [-0.15, -0.1) is 0 Å². The highest BCUT2D eigenvalue weighted by Crippen LogP contribution is 2.40. The molecule has 2 atom stereocenters. The number of hydrogen-bond donors (Lipinski definition) is 1. The number of morpholine rings is 1. The van der Waals surface area contributed by atoms with Crippen molar-refractivity contribution in [3.63, 3.8) is 0 Å². The molecule has 0 aromatic rings. The lowest BCUT2D eigenvalue weighted by atomic mass is 9.73. The minimum atomic E-state index is -0.243. The van der Waals surface area contributed by atoms with Crippen molar-refractivity contribution in [3.8, 4) is 0 Å². The Balaban J connectivity index is 2.09. The van der Waals surface area contributed by atoms with Crippen LogP contribution in [-0.2, 0) is 9.53 Å². The van der Waals surface area contributed by atoms with E-state index in [1.807, 2.05) is 17.9 Å². The Hall–Kier alpha value is -0.870. The third-order valence-electron chi connectivity index (χ3n) is 4.66. The summed E-state index contributed by atoms with van der Waals surface area (Å²) in [5, 5.41) is 9.20. The Morgan fingerprint density at radius 2 is 2.25 bits per heavy atom. The SMILES string of the molecule is CC1COC(CO)CN1C(=O)/C=C1/CCCCC1(C)C. The molecule has 20 heavy (non-hydrogen) atoms. The van der Waals surface area contributed by atoms with E-state index >= 15 is 0 Å². The molecule has 114 valence electrons. The molecule has 4 nitrogen and oxygen atoms in total. The Morgan fingerprint density at radius 3 is 2.90 bits per heavy atom. The van der Waals surface area contributed by atoms with Crippen molar-refractivity contribution < 1.29 is 14.6 Å². The zero-order chi connectivity index (χ0) is 14.8. The molecular formula is C16H27NO3. The first-order valence-corrected chi connectivity index (χ1v) is 7.68. The van der Waals surface area contributed by atoms with Crippen LogP contribution in [-0.4, -0.2) is 47.8 Å². The van der Waals surface area contributed by atoms with Gasteiger partial charge in [-0.05, 0) is 31.6 Å². The van der Waals surface area contributed by atoms with E-state index in [1.54, 1.807) is 0 Å². The fourth-order valence-electron chi connectivity index (χ4n) is 3.12. The maximum Gasteiger partial charge on any atom is 0.246 e. The maximum absolute atomic E-state index is 12.5. The van der Waals surface area contributed by atoms with Crippen molar-refractivity contribution in [2.24, 2.45) is 5.41 Å². The molecule has 1 aliphatic heterocycles. The number of nitrogens with zero attached hydrogens (tertiary/aromatic N) is 1. The molecule has 2 rings (SSSR count). The summed E-state index contributed by atoms with van der Waals surface area (Å²) in [5.41, 5.74) is 1.41. The van der Waals surface area contributed by atoms with Gasteiger partial charge in [-0.2, -0.15) is 0 Å². The molecule has 0 bridgehead atoms. The van der Waals surface area contributed by atoms with E-state index in [0.717, 1.165) is 12.8 Å². The number of allylic oxidation sites excluding steroid dienone is 1. The van der Waals surface area contributed by atoms with Gasteiger partial charge in [-0.3, -0.25) is 4.79 Å². The Morgan fingerprint density at radius 1 is 1.50 bits per heavy atom. The summed E-state index contributed by atoms with van der Waals surface area (Å²) in [4.78, 5) is 14.4. The summed E-state index contributed by atoms with van der Waals surface area (Å²) in [6, 6.07) is 0.0776. The van der Waals surface area contributed by atoms with Crippen molar-refractivity contribution in [1.82, 2.24) is 4.90 Å². The third-order valence-corrected chi connectivity index (χ3v) is 4.66. The molecule has 4 heteroatoms. The van der Waals surface area contributed by atoms with Crippen molar-refractivity contribution in [2.45, 2.75) is 58.6 Å². The zero-order valence-corrected chi connectivity index (χ0v) is 12.9. The second-order valence-electron chi connectivity index (χ2n) is 6.74. The molecule has 1 saturated carbocycles. The number of amides is 1. The van der Waals surface area contributed by atoms with Crippen LogP contribution in [0.5, 0.6) is 0 Å². The smallest absolute Gasteiger partial charge is 0.246 e. The molecule has 0 spiro atoms. The van der Waals surface area contributed by atoms with Gasteiger partial charge < -0.3 is 14.7 Å². The normalized spacial score (nSPS) is 32.4. The van der Waals surface area contributed by atoms with E-state index in [1.165, 1.54) is 18.4 Å². The summed E-state index contributed by atoms with van der Waals surface area (Å²) in [5.74, 6) is 0.0734. The molecule has 1 saturated heterocycles. The lowest BCUT2D eigenvalue weighted by Crippen LogP contribution is -2.51. The summed E-state index contributed by atoms with van der Waals surface area (Å²) in [6.07, 6.45) is 6.22. The van der Waals surface area contributed by atoms with Gasteiger partial charge in [0.15, 0.2) is 0 Å². The number of carbonyl (C=O) groups excluding carboxylic acids is 1. The minimum Gasteiger partial charge on any atom is -0.394 e. The van der Waals surface area contributed by atoms with Crippen LogP contribution in [0.2, 0.25) is 0 Å². The van der Waals surface area contributed by atoms with E-state index in [-0.39, 0.29) is 30.1 Å². The molecule has 1 heterocycles. The topological polar surface area (TPSA) is 49.8 Å². The van der Waals surface area contributed by atoms with Crippen LogP contribution in [0.3, 0.4) is 0 Å². The summed E-state index contributed by atoms with van der Waals surface area (Å²) in [6.45, 7) is 7.41. The number of aliphatic hydroxyl groups excluding tert-OH is 1. The largest absolute Gasteiger partial charge is 0.394 e. The monoisotopic (exact) mass is 281 g/mol. The highest BCUT2D eigenvalue weighted by Gasteiger charge is 2.31. The highest BCUT2D eigenvalue weighted by atomic mass is 16.5. The van der Waals surface area contributed by atoms with E-state index < -0.39 is 0 Å². The lowest BCUT2D eigenvalue weighted by molar-refractivity contribution is -0.141. The number of carbonyl (C=O) groups is 1. The minimum absolute atomic E-state index is 0.0292. The molecule has 2 unspecified atom stereocenters. The number of ether oxygens (including phenoxy) is 1. The van der Waals surface area contributed by atoms with E-state index in [9.17, 15) is 9.90 Å². The van der Waals surface area contributed by atoms with Crippen LogP contribution in [0, 0.1) is 5.41 Å². The van der Waals surface area contributed by atoms with Gasteiger partial charge in [0.2, 0.25) is 5.91 Å². The Kier molecular flexibility index (Phi) is 4.86. The van der Waals surface area contributed by atoms with Gasteiger partial charge in [0.05, 0.1) is 25.4 Å². The number of hydrogen-bond acceptors (Lipinski definition) is 3. The lowest BCUT2D eigenvalue weighted by Gasteiger charge is -2.38. The second kappa shape index (κ2) is 6.27. The van der Waals surface area contributed by atoms with Gasteiger partial charge in [0, 0.05) is 12.6 Å². The number of aliphatic hydroxyl groups is 1. The first kappa shape index (κ1) is 15.5. The molecule has 0 radical (unpaired) electrons. The van der Waals surface area contributed by atoms with Gasteiger partial charge >= 0.3 is 0 Å². The van der Waals surface area contributed by atoms with Crippen LogP contribution in [0.15, 0.2) is 11.6 Å². The zero-order valence-electron chi connectivity index (χ0n) is 12.9. The molecule has 0 aromatic heterocycles.